The van der Waals surface area contributed by atoms with Crippen molar-refractivity contribution >= 4 is 15.7 Å². The molecular formula is C22H30N2O4S. The maximum atomic E-state index is 12.6. The number of rotatable bonds is 6. The van der Waals surface area contributed by atoms with Crippen LogP contribution in [0.5, 0.6) is 0 Å². The predicted octanol–water partition coefficient (Wildman–Crippen LogP) is 3.81. The summed E-state index contributed by atoms with van der Waals surface area (Å²) in [5.74, 6) is 0.459. The second-order valence-corrected chi connectivity index (χ2v) is 10.4. The molecule has 29 heavy (non-hydrogen) atoms. The average Bonchev–Trinajstić information content (AvgIpc) is 2.99. The molecule has 0 bridgehead atoms. The van der Waals surface area contributed by atoms with Gasteiger partial charge in [0.05, 0.1) is 11.4 Å². The van der Waals surface area contributed by atoms with E-state index < -0.39 is 21.5 Å². The van der Waals surface area contributed by atoms with Crippen molar-refractivity contribution < 1.29 is 17.6 Å². The molecule has 3 atom stereocenters. The molecule has 0 spiro atoms. The van der Waals surface area contributed by atoms with Crippen LogP contribution in [0.1, 0.15) is 50.1 Å². The summed E-state index contributed by atoms with van der Waals surface area (Å²) in [4.78, 5) is 16.7. The number of carbonyl (C=O) groups is 1. The molecule has 1 aromatic carbocycles. The number of sulfone groups is 1. The van der Waals surface area contributed by atoms with E-state index in [1.165, 1.54) is 0 Å². The first-order valence-corrected chi connectivity index (χ1v) is 12.0. The van der Waals surface area contributed by atoms with Gasteiger partial charge in [-0.15, -0.1) is 0 Å². The maximum absolute atomic E-state index is 12.6. The fraction of sp³-hybridized carbons (Fsp3) is 0.545. The molecule has 158 valence electrons. The number of nitrogens with zero attached hydrogens (tertiary/aromatic N) is 1. The van der Waals surface area contributed by atoms with E-state index in [0.717, 1.165) is 30.4 Å². The van der Waals surface area contributed by atoms with Gasteiger partial charge in [-0.25, -0.2) is 13.4 Å². The summed E-state index contributed by atoms with van der Waals surface area (Å²) in [5.41, 5.74) is 2.26. The number of hydrogen-bond acceptors (Lipinski definition) is 5. The molecule has 0 saturated heterocycles. The topological polar surface area (TPSA) is 89.3 Å². The van der Waals surface area contributed by atoms with Crippen molar-refractivity contribution in [1.29, 1.82) is 0 Å². The van der Waals surface area contributed by atoms with Crippen molar-refractivity contribution in [3.05, 3.63) is 41.3 Å². The van der Waals surface area contributed by atoms with E-state index in [4.69, 9.17) is 4.42 Å². The molecule has 1 aliphatic rings. The lowest BCUT2D eigenvalue weighted by atomic mass is 9.78. The Hall–Kier alpha value is -2.15. The number of nitrogens with one attached hydrogen (secondary N) is 1. The van der Waals surface area contributed by atoms with E-state index >= 15 is 0 Å². The molecule has 3 rings (SSSR count). The predicted molar refractivity (Wildman–Crippen MR) is 113 cm³/mol. The molecule has 1 N–H and O–H groups in total. The van der Waals surface area contributed by atoms with Crippen molar-refractivity contribution in [2.75, 3.05) is 5.75 Å². The second kappa shape index (κ2) is 8.69. The molecule has 6 nitrogen and oxygen atoms in total. The molecule has 0 aliphatic heterocycles. The molecule has 1 fully saturated rings. The molecule has 2 aromatic rings. The number of hydrogen-bond donors (Lipinski definition) is 1. The molecule has 7 heteroatoms. The van der Waals surface area contributed by atoms with Crippen molar-refractivity contribution in [3.63, 3.8) is 0 Å². The Labute approximate surface area is 173 Å². The Morgan fingerprint density at radius 2 is 1.86 bits per heavy atom. The second-order valence-electron chi connectivity index (χ2n) is 8.36. The van der Waals surface area contributed by atoms with Gasteiger partial charge < -0.3 is 9.73 Å². The summed E-state index contributed by atoms with van der Waals surface area (Å²) >= 11 is 0. The fourth-order valence-corrected chi connectivity index (χ4v) is 5.14. The first kappa shape index (κ1) is 21.6. The SMILES string of the molecule is Cc1ccc(-c2nc(CS(=O)(=O)CC(=O)NC3CCCC(C)C3C)c(C)o2)cc1. The van der Waals surface area contributed by atoms with E-state index in [-0.39, 0.29) is 11.8 Å². The lowest BCUT2D eigenvalue weighted by Crippen LogP contribution is -2.45. The number of amides is 1. The summed E-state index contributed by atoms with van der Waals surface area (Å²) in [6, 6.07) is 7.71. The maximum Gasteiger partial charge on any atom is 0.235 e. The van der Waals surface area contributed by atoms with Crippen LogP contribution < -0.4 is 5.32 Å². The summed E-state index contributed by atoms with van der Waals surface area (Å²) in [5, 5.41) is 2.93. The molecular weight excluding hydrogens is 388 g/mol. The molecule has 1 saturated carbocycles. The van der Waals surface area contributed by atoms with Gasteiger partial charge in [-0.2, -0.15) is 0 Å². The first-order chi connectivity index (χ1) is 13.6. The Morgan fingerprint density at radius 3 is 2.55 bits per heavy atom. The van der Waals surface area contributed by atoms with Crippen LogP contribution in [0.4, 0.5) is 0 Å². The zero-order valence-corrected chi connectivity index (χ0v) is 18.4. The van der Waals surface area contributed by atoms with E-state index in [0.29, 0.717) is 29.2 Å². The van der Waals surface area contributed by atoms with E-state index in [9.17, 15) is 13.2 Å². The minimum atomic E-state index is -3.65. The van der Waals surface area contributed by atoms with Crippen LogP contribution in [0.2, 0.25) is 0 Å². The highest BCUT2D eigenvalue weighted by Gasteiger charge is 2.29. The highest BCUT2D eigenvalue weighted by Crippen LogP contribution is 2.29. The minimum Gasteiger partial charge on any atom is -0.441 e. The van der Waals surface area contributed by atoms with Crippen LogP contribution >= 0.6 is 0 Å². The van der Waals surface area contributed by atoms with Crippen LogP contribution in [-0.2, 0) is 20.4 Å². The third-order valence-electron chi connectivity index (χ3n) is 5.95. The Kier molecular flexibility index (Phi) is 6.46. The van der Waals surface area contributed by atoms with E-state index in [1.54, 1.807) is 6.92 Å². The summed E-state index contributed by atoms with van der Waals surface area (Å²) in [6.45, 7) is 7.98. The molecule has 1 amide bonds. The summed E-state index contributed by atoms with van der Waals surface area (Å²) in [7, 11) is -3.65. The number of carbonyl (C=O) groups excluding carboxylic acids is 1. The zero-order valence-electron chi connectivity index (χ0n) is 17.6. The van der Waals surface area contributed by atoms with Crippen LogP contribution in [0.15, 0.2) is 28.7 Å². The molecule has 1 aromatic heterocycles. The quantitative estimate of drug-likeness (QED) is 0.770. The van der Waals surface area contributed by atoms with Crippen molar-refractivity contribution in [2.24, 2.45) is 11.8 Å². The van der Waals surface area contributed by atoms with Crippen LogP contribution in [-0.4, -0.2) is 31.1 Å². The number of oxazole rings is 1. The van der Waals surface area contributed by atoms with Gasteiger partial charge in [0.25, 0.3) is 0 Å². The van der Waals surface area contributed by atoms with Gasteiger partial charge in [0.15, 0.2) is 9.84 Å². The normalized spacial score (nSPS) is 22.4. The number of aryl methyl sites for hydroxylation is 2. The largest absolute Gasteiger partial charge is 0.441 e. The average molecular weight is 419 g/mol. The lowest BCUT2D eigenvalue weighted by molar-refractivity contribution is -0.120. The van der Waals surface area contributed by atoms with Gasteiger partial charge in [-0.1, -0.05) is 44.4 Å². The minimum absolute atomic E-state index is 0.0448. The summed E-state index contributed by atoms with van der Waals surface area (Å²) < 4.78 is 30.9. The van der Waals surface area contributed by atoms with Gasteiger partial charge in [-0.3, -0.25) is 4.79 Å². The van der Waals surface area contributed by atoms with Crippen molar-refractivity contribution in [3.8, 4) is 11.5 Å². The standard InChI is InChI=1S/C22H30N2O4S/c1-14-8-10-18(11-9-14)22-24-20(17(4)28-22)12-29(26,27)13-21(25)23-19-7-5-6-15(2)16(19)3/h8-11,15-16,19H,5-7,12-13H2,1-4H3,(H,23,25). The van der Waals surface area contributed by atoms with Gasteiger partial charge in [0.1, 0.15) is 11.5 Å². The van der Waals surface area contributed by atoms with E-state index in [2.05, 4.69) is 24.1 Å². The highest BCUT2D eigenvalue weighted by atomic mass is 32.2. The summed E-state index contributed by atoms with van der Waals surface area (Å²) in [6.07, 6.45) is 3.11. The molecule has 0 radical (unpaired) electrons. The van der Waals surface area contributed by atoms with Crippen LogP contribution in [0, 0.1) is 25.7 Å². The number of aromatic nitrogens is 1. The smallest absolute Gasteiger partial charge is 0.235 e. The van der Waals surface area contributed by atoms with Crippen molar-refractivity contribution in [1.82, 2.24) is 10.3 Å². The Balaban J connectivity index is 1.65. The van der Waals surface area contributed by atoms with Crippen molar-refractivity contribution in [2.45, 2.75) is 58.8 Å². The highest BCUT2D eigenvalue weighted by molar-refractivity contribution is 7.91. The number of benzene rings is 1. The molecule has 1 aliphatic carbocycles. The first-order valence-electron chi connectivity index (χ1n) is 10.2. The molecule has 3 unspecified atom stereocenters. The van der Waals surface area contributed by atoms with Gasteiger partial charge >= 0.3 is 0 Å². The zero-order chi connectivity index (χ0) is 21.2. The van der Waals surface area contributed by atoms with Gasteiger partial charge in [0, 0.05) is 11.6 Å². The van der Waals surface area contributed by atoms with Crippen LogP contribution in [0.25, 0.3) is 11.5 Å². The monoisotopic (exact) mass is 418 g/mol. The fourth-order valence-electron chi connectivity index (χ4n) is 3.87. The molecule has 1 heterocycles. The van der Waals surface area contributed by atoms with E-state index in [1.807, 2.05) is 31.2 Å². The van der Waals surface area contributed by atoms with Gasteiger partial charge in [0.2, 0.25) is 11.8 Å². The lowest BCUT2D eigenvalue weighted by Gasteiger charge is -2.34. The van der Waals surface area contributed by atoms with Gasteiger partial charge in [-0.05, 0) is 44.2 Å². The van der Waals surface area contributed by atoms with Crippen LogP contribution in [0.3, 0.4) is 0 Å². The third kappa shape index (κ3) is 5.47. The Bertz CT molecular complexity index is 963. The Morgan fingerprint density at radius 1 is 1.17 bits per heavy atom. The third-order valence-corrected chi connectivity index (χ3v) is 7.37.